The monoisotopic (exact) mass is 326 g/mol. The van der Waals surface area contributed by atoms with Crippen LogP contribution in [0.15, 0.2) is 54.6 Å². The van der Waals surface area contributed by atoms with Gasteiger partial charge >= 0.3 is 0 Å². The zero-order valence-corrected chi connectivity index (χ0v) is 13.7. The maximum atomic E-state index is 13.5. The van der Waals surface area contributed by atoms with Crippen LogP contribution >= 0.6 is 0 Å². The van der Waals surface area contributed by atoms with Gasteiger partial charge in [-0.05, 0) is 49.1 Å². The van der Waals surface area contributed by atoms with Crippen molar-refractivity contribution in [1.29, 1.82) is 0 Å². The van der Waals surface area contributed by atoms with E-state index in [0.29, 0.717) is 6.54 Å². The molecule has 24 heavy (non-hydrogen) atoms. The SMILES string of the molecule is O=C(NCCCNc1ccccc1)C1(c2cccc(F)c2)CCC1. The molecule has 126 valence electrons. The summed E-state index contributed by atoms with van der Waals surface area (Å²) in [6.45, 7) is 1.42. The highest BCUT2D eigenvalue weighted by atomic mass is 19.1. The summed E-state index contributed by atoms with van der Waals surface area (Å²) in [7, 11) is 0. The third-order valence-electron chi connectivity index (χ3n) is 4.76. The summed E-state index contributed by atoms with van der Waals surface area (Å²) in [4.78, 5) is 12.6. The molecule has 0 heterocycles. The second kappa shape index (κ2) is 7.47. The number of hydrogen-bond donors (Lipinski definition) is 2. The number of para-hydroxylation sites is 1. The Bertz CT molecular complexity index is 683. The first-order valence-corrected chi connectivity index (χ1v) is 8.54. The van der Waals surface area contributed by atoms with Crippen LogP contribution in [-0.2, 0) is 10.2 Å². The number of nitrogens with one attached hydrogen (secondary N) is 2. The number of anilines is 1. The predicted octanol–water partition coefficient (Wildman–Crippen LogP) is 3.87. The molecule has 0 unspecified atom stereocenters. The molecular formula is C20H23FN2O. The average molecular weight is 326 g/mol. The molecule has 0 aromatic heterocycles. The molecule has 0 atom stereocenters. The van der Waals surface area contributed by atoms with Crippen LogP contribution in [0.1, 0.15) is 31.2 Å². The number of amides is 1. The maximum absolute atomic E-state index is 13.5. The Morgan fingerprint density at radius 3 is 2.50 bits per heavy atom. The molecule has 3 nitrogen and oxygen atoms in total. The number of carbonyl (C=O) groups excluding carboxylic acids is 1. The quantitative estimate of drug-likeness (QED) is 0.759. The highest BCUT2D eigenvalue weighted by molar-refractivity contribution is 5.89. The second-order valence-electron chi connectivity index (χ2n) is 6.35. The van der Waals surface area contributed by atoms with Crippen LogP contribution in [0, 0.1) is 5.82 Å². The van der Waals surface area contributed by atoms with Crippen LogP contribution in [0.3, 0.4) is 0 Å². The molecule has 0 radical (unpaired) electrons. The van der Waals surface area contributed by atoms with Crippen molar-refractivity contribution in [2.75, 3.05) is 18.4 Å². The van der Waals surface area contributed by atoms with Gasteiger partial charge in [0.15, 0.2) is 0 Å². The Morgan fingerprint density at radius 1 is 1.04 bits per heavy atom. The summed E-state index contributed by atoms with van der Waals surface area (Å²) < 4.78 is 13.5. The van der Waals surface area contributed by atoms with Gasteiger partial charge in [0.1, 0.15) is 5.82 Å². The van der Waals surface area contributed by atoms with Gasteiger partial charge in [-0.2, -0.15) is 0 Å². The smallest absolute Gasteiger partial charge is 0.230 e. The molecule has 1 aliphatic rings. The molecule has 0 bridgehead atoms. The molecular weight excluding hydrogens is 303 g/mol. The van der Waals surface area contributed by atoms with Crippen LogP contribution in [0.25, 0.3) is 0 Å². The number of hydrogen-bond acceptors (Lipinski definition) is 2. The van der Waals surface area contributed by atoms with Gasteiger partial charge in [0, 0.05) is 18.8 Å². The number of rotatable bonds is 7. The first-order valence-electron chi connectivity index (χ1n) is 8.54. The molecule has 1 fully saturated rings. The summed E-state index contributed by atoms with van der Waals surface area (Å²) in [6, 6.07) is 16.5. The molecule has 2 N–H and O–H groups in total. The molecule has 2 aromatic rings. The van der Waals surface area contributed by atoms with E-state index < -0.39 is 5.41 Å². The topological polar surface area (TPSA) is 41.1 Å². The Kier molecular flexibility index (Phi) is 5.14. The van der Waals surface area contributed by atoms with Crippen molar-refractivity contribution in [2.45, 2.75) is 31.1 Å². The molecule has 3 rings (SSSR count). The molecule has 0 saturated heterocycles. The van der Waals surface area contributed by atoms with E-state index in [1.807, 2.05) is 36.4 Å². The van der Waals surface area contributed by atoms with E-state index in [0.717, 1.165) is 43.5 Å². The van der Waals surface area contributed by atoms with E-state index in [4.69, 9.17) is 0 Å². The largest absolute Gasteiger partial charge is 0.385 e. The first kappa shape index (κ1) is 16.5. The van der Waals surface area contributed by atoms with Gasteiger partial charge < -0.3 is 10.6 Å². The fraction of sp³-hybridized carbons (Fsp3) is 0.350. The van der Waals surface area contributed by atoms with Gasteiger partial charge in [-0.3, -0.25) is 4.79 Å². The number of carbonyl (C=O) groups is 1. The van der Waals surface area contributed by atoms with E-state index in [9.17, 15) is 9.18 Å². The Hall–Kier alpha value is -2.36. The maximum Gasteiger partial charge on any atom is 0.230 e. The van der Waals surface area contributed by atoms with Gasteiger partial charge in [-0.25, -0.2) is 4.39 Å². The normalized spacial score (nSPS) is 15.4. The number of halogens is 1. The lowest BCUT2D eigenvalue weighted by Crippen LogP contribution is -2.49. The van der Waals surface area contributed by atoms with Crippen LogP contribution in [0.5, 0.6) is 0 Å². The summed E-state index contributed by atoms with van der Waals surface area (Å²) >= 11 is 0. The molecule has 0 spiro atoms. The molecule has 2 aromatic carbocycles. The minimum atomic E-state index is -0.533. The van der Waals surface area contributed by atoms with Crippen LogP contribution in [0.2, 0.25) is 0 Å². The zero-order valence-electron chi connectivity index (χ0n) is 13.7. The molecule has 4 heteroatoms. The van der Waals surface area contributed by atoms with Crippen molar-refractivity contribution < 1.29 is 9.18 Å². The Morgan fingerprint density at radius 2 is 1.83 bits per heavy atom. The van der Waals surface area contributed by atoms with E-state index in [1.165, 1.54) is 12.1 Å². The predicted molar refractivity (Wildman–Crippen MR) is 94.5 cm³/mol. The van der Waals surface area contributed by atoms with E-state index in [-0.39, 0.29) is 11.7 Å². The minimum absolute atomic E-state index is 0.0269. The molecule has 0 aliphatic heterocycles. The van der Waals surface area contributed by atoms with Crippen LogP contribution in [-0.4, -0.2) is 19.0 Å². The van der Waals surface area contributed by atoms with Crippen molar-refractivity contribution in [2.24, 2.45) is 0 Å². The van der Waals surface area contributed by atoms with Crippen molar-refractivity contribution in [1.82, 2.24) is 5.32 Å². The Labute approximate surface area is 142 Å². The molecule has 1 aliphatic carbocycles. The van der Waals surface area contributed by atoms with Crippen molar-refractivity contribution in [3.8, 4) is 0 Å². The average Bonchev–Trinajstić information content (AvgIpc) is 2.54. The molecule has 1 saturated carbocycles. The first-order chi connectivity index (χ1) is 11.7. The summed E-state index contributed by atoms with van der Waals surface area (Å²) in [6.07, 6.45) is 3.45. The lowest BCUT2D eigenvalue weighted by molar-refractivity contribution is -0.129. The van der Waals surface area contributed by atoms with Gasteiger partial charge in [0.05, 0.1) is 5.41 Å². The van der Waals surface area contributed by atoms with Crippen molar-refractivity contribution in [3.05, 3.63) is 66.0 Å². The summed E-state index contributed by atoms with van der Waals surface area (Å²) in [5, 5.41) is 6.35. The third kappa shape index (κ3) is 3.58. The van der Waals surface area contributed by atoms with Crippen molar-refractivity contribution >= 4 is 11.6 Å². The van der Waals surface area contributed by atoms with E-state index >= 15 is 0 Å². The van der Waals surface area contributed by atoms with E-state index in [2.05, 4.69) is 10.6 Å². The fourth-order valence-corrected chi connectivity index (χ4v) is 3.21. The Balaban J connectivity index is 1.49. The summed E-state index contributed by atoms with van der Waals surface area (Å²) in [5.41, 5.74) is 1.35. The molecule has 1 amide bonds. The lowest BCUT2D eigenvalue weighted by atomic mass is 9.64. The standard InChI is InChI=1S/C20H23FN2O/c21-17-8-4-7-16(15-17)20(11-5-12-20)19(24)23-14-6-13-22-18-9-2-1-3-10-18/h1-4,7-10,15,22H,5-6,11-14H2,(H,23,24). The fourth-order valence-electron chi connectivity index (χ4n) is 3.21. The second-order valence-corrected chi connectivity index (χ2v) is 6.35. The van der Waals surface area contributed by atoms with Gasteiger partial charge in [-0.15, -0.1) is 0 Å². The highest BCUT2D eigenvalue weighted by Gasteiger charge is 2.45. The lowest BCUT2D eigenvalue weighted by Gasteiger charge is -2.40. The van der Waals surface area contributed by atoms with Gasteiger partial charge in [0.25, 0.3) is 0 Å². The van der Waals surface area contributed by atoms with Crippen LogP contribution < -0.4 is 10.6 Å². The zero-order chi connectivity index (χ0) is 16.8. The van der Waals surface area contributed by atoms with Gasteiger partial charge in [-0.1, -0.05) is 36.8 Å². The highest BCUT2D eigenvalue weighted by Crippen LogP contribution is 2.44. The van der Waals surface area contributed by atoms with Gasteiger partial charge in [0.2, 0.25) is 5.91 Å². The summed E-state index contributed by atoms with van der Waals surface area (Å²) in [5.74, 6) is -0.252. The van der Waals surface area contributed by atoms with Crippen molar-refractivity contribution in [3.63, 3.8) is 0 Å². The van der Waals surface area contributed by atoms with E-state index in [1.54, 1.807) is 6.07 Å². The minimum Gasteiger partial charge on any atom is -0.385 e. The van der Waals surface area contributed by atoms with Crippen LogP contribution in [0.4, 0.5) is 10.1 Å². The third-order valence-corrected chi connectivity index (χ3v) is 4.76. The number of benzene rings is 2.